The predicted molar refractivity (Wildman–Crippen MR) is 43.9 cm³/mol. The monoisotopic (exact) mass is 138 g/mol. The van der Waals surface area contributed by atoms with E-state index < -0.39 is 0 Å². The Morgan fingerprint density at radius 3 is 2.90 bits per heavy atom. The Kier molecular flexibility index (Phi) is 2.10. The Morgan fingerprint density at radius 2 is 2.40 bits per heavy atom. The fourth-order valence-corrected chi connectivity index (χ4v) is 1.19. The standard InChI is InChI=1S/C8H14N2/c1-4-8-5-7(2)9-10(3)6-8/h6H,4-5H2,1-3H3. The van der Waals surface area contributed by atoms with E-state index in [1.165, 1.54) is 11.3 Å². The third kappa shape index (κ3) is 1.59. The molecule has 2 nitrogen and oxygen atoms in total. The number of hydrogen-bond donors (Lipinski definition) is 0. The van der Waals surface area contributed by atoms with Crippen LogP contribution in [-0.2, 0) is 0 Å². The molecule has 2 heteroatoms. The van der Waals surface area contributed by atoms with Crippen molar-refractivity contribution in [3.63, 3.8) is 0 Å². The van der Waals surface area contributed by atoms with Gasteiger partial charge in [-0.05, 0) is 18.9 Å². The van der Waals surface area contributed by atoms with E-state index in [2.05, 4.69) is 25.1 Å². The minimum absolute atomic E-state index is 1.06. The average Bonchev–Trinajstić information content (AvgIpc) is 1.85. The minimum Gasteiger partial charge on any atom is -0.276 e. The summed E-state index contributed by atoms with van der Waals surface area (Å²) < 4.78 is 0. The number of rotatable bonds is 1. The fourth-order valence-electron chi connectivity index (χ4n) is 1.19. The molecular formula is C8H14N2. The van der Waals surface area contributed by atoms with Crippen LogP contribution in [0.4, 0.5) is 0 Å². The van der Waals surface area contributed by atoms with E-state index in [1.54, 1.807) is 0 Å². The van der Waals surface area contributed by atoms with Crippen LogP contribution in [0.15, 0.2) is 16.9 Å². The van der Waals surface area contributed by atoms with Crippen molar-refractivity contribution in [1.29, 1.82) is 0 Å². The maximum atomic E-state index is 4.25. The van der Waals surface area contributed by atoms with E-state index in [4.69, 9.17) is 0 Å². The minimum atomic E-state index is 1.06. The van der Waals surface area contributed by atoms with Crippen molar-refractivity contribution >= 4 is 5.71 Å². The lowest BCUT2D eigenvalue weighted by atomic mass is 10.1. The molecule has 0 aromatic heterocycles. The second kappa shape index (κ2) is 2.86. The third-order valence-electron chi connectivity index (χ3n) is 1.63. The van der Waals surface area contributed by atoms with Gasteiger partial charge in [-0.2, -0.15) is 5.10 Å². The highest BCUT2D eigenvalue weighted by molar-refractivity contribution is 5.84. The van der Waals surface area contributed by atoms with Gasteiger partial charge in [0.15, 0.2) is 0 Å². The molecule has 0 bridgehead atoms. The first-order valence-corrected chi connectivity index (χ1v) is 3.69. The Hall–Kier alpha value is -0.790. The quantitative estimate of drug-likeness (QED) is 0.541. The second-order valence-corrected chi connectivity index (χ2v) is 2.73. The van der Waals surface area contributed by atoms with Crippen molar-refractivity contribution in [3.8, 4) is 0 Å². The first-order valence-electron chi connectivity index (χ1n) is 3.69. The van der Waals surface area contributed by atoms with Crippen LogP contribution in [0.5, 0.6) is 0 Å². The molecule has 0 saturated carbocycles. The highest BCUT2D eigenvalue weighted by Gasteiger charge is 2.04. The van der Waals surface area contributed by atoms with Crippen LogP contribution >= 0.6 is 0 Å². The van der Waals surface area contributed by atoms with Crippen LogP contribution in [0.25, 0.3) is 0 Å². The van der Waals surface area contributed by atoms with Crippen LogP contribution < -0.4 is 0 Å². The van der Waals surface area contributed by atoms with E-state index in [-0.39, 0.29) is 0 Å². The zero-order chi connectivity index (χ0) is 7.56. The highest BCUT2D eigenvalue weighted by Crippen LogP contribution is 2.13. The molecule has 0 N–H and O–H groups in total. The molecule has 0 aliphatic carbocycles. The van der Waals surface area contributed by atoms with Gasteiger partial charge in [-0.1, -0.05) is 6.92 Å². The Morgan fingerprint density at radius 1 is 1.70 bits per heavy atom. The number of hydrazone groups is 1. The molecule has 0 spiro atoms. The summed E-state index contributed by atoms with van der Waals surface area (Å²) in [5.41, 5.74) is 2.68. The zero-order valence-corrected chi connectivity index (χ0v) is 6.89. The van der Waals surface area contributed by atoms with E-state index in [0.717, 1.165) is 12.8 Å². The van der Waals surface area contributed by atoms with Gasteiger partial charge in [-0.25, -0.2) is 0 Å². The van der Waals surface area contributed by atoms with Crippen molar-refractivity contribution in [3.05, 3.63) is 11.8 Å². The largest absolute Gasteiger partial charge is 0.276 e. The maximum Gasteiger partial charge on any atom is 0.0394 e. The lowest BCUT2D eigenvalue weighted by Gasteiger charge is -2.17. The zero-order valence-electron chi connectivity index (χ0n) is 6.89. The van der Waals surface area contributed by atoms with Gasteiger partial charge in [0.05, 0.1) is 0 Å². The molecule has 1 heterocycles. The lowest BCUT2D eigenvalue weighted by molar-refractivity contribution is 0.473. The summed E-state index contributed by atoms with van der Waals surface area (Å²) in [5, 5.41) is 6.14. The van der Waals surface area contributed by atoms with Crippen LogP contribution in [-0.4, -0.2) is 17.8 Å². The molecule has 0 aromatic carbocycles. The molecule has 10 heavy (non-hydrogen) atoms. The smallest absolute Gasteiger partial charge is 0.0394 e. The van der Waals surface area contributed by atoms with Crippen molar-refractivity contribution in [2.45, 2.75) is 26.7 Å². The van der Waals surface area contributed by atoms with Crippen molar-refractivity contribution < 1.29 is 0 Å². The van der Waals surface area contributed by atoms with Gasteiger partial charge in [0.2, 0.25) is 0 Å². The van der Waals surface area contributed by atoms with Gasteiger partial charge in [-0.3, -0.25) is 5.01 Å². The van der Waals surface area contributed by atoms with Crippen LogP contribution in [0.3, 0.4) is 0 Å². The van der Waals surface area contributed by atoms with Crippen molar-refractivity contribution in [2.75, 3.05) is 7.05 Å². The first kappa shape index (κ1) is 7.32. The Bertz CT molecular complexity index is 180. The molecule has 0 fully saturated rings. The summed E-state index contributed by atoms with van der Waals surface area (Å²) in [6.45, 7) is 4.25. The SMILES string of the molecule is CCC1=CN(C)N=C(C)C1. The molecule has 0 aromatic rings. The number of nitrogens with zero attached hydrogens (tertiary/aromatic N) is 2. The Balaban J connectivity index is 2.65. The predicted octanol–water partition coefficient (Wildman–Crippen LogP) is 1.99. The first-order chi connectivity index (χ1) is 4.72. The molecule has 56 valence electrons. The van der Waals surface area contributed by atoms with Gasteiger partial charge in [-0.15, -0.1) is 0 Å². The molecule has 1 aliphatic rings. The topological polar surface area (TPSA) is 15.6 Å². The van der Waals surface area contributed by atoms with Crippen LogP contribution in [0.1, 0.15) is 26.7 Å². The van der Waals surface area contributed by atoms with Gasteiger partial charge >= 0.3 is 0 Å². The Labute approximate surface area is 62.2 Å². The highest BCUT2D eigenvalue weighted by atomic mass is 15.4. The fraction of sp³-hybridized carbons (Fsp3) is 0.625. The summed E-state index contributed by atoms with van der Waals surface area (Å²) in [6.07, 6.45) is 4.30. The van der Waals surface area contributed by atoms with Gasteiger partial charge < -0.3 is 0 Å². The lowest BCUT2D eigenvalue weighted by Crippen LogP contribution is -2.13. The second-order valence-electron chi connectivity index (χ2n) is 2.73. The van der Waals surface area contributed by atoms with Crippen molar-refractivity contribution in [1.82, 2.24) is 5.01 Å². The molecule has 1 rings (SSSR count). The van der Waals surface area contributed by atoms with Crippen LogP contribution in [0.2, 0.25) is 0 Å². The van der Waals surface area contributed by atoms with E-state index in [9.17, 15) is 0 Å². The summed E-state index contributed by atoms with van der Waals surface area (Å²) in [6, 6.07) is 0. The average molecular weight is 138 g/mol. The van der Waals surface area contributed by atoms with Crippen molar-refractivity contribution in [2.24, 2.45) is 5.10 Å². The summed E-state index contributed by atoms with van der Waals surface area (Å²) in [4.78, 5) is 0. The van der Waals surface area contributed by atoms with Gasteiger partial charge in [0.1, 0.15) is 0 Å². The molecule has 0 unspecified atom stereocenters. The maximum absolute atomic E-state index is 4.25. The third-order valence-corrected chi connectivity index (χ3v) is 1.63. The summed E-state index contributed by atoms with van der Waals surface area (Å²) >= 11 is 0. The normalized spacial score (nSPS) is 18.5. The van der Waals surface area contributed by atoms with E-state index in [1.807, 2.05) is 12.1 Å². The number of allylic oxidation sites excluding steroid dienone is 1. The molecule has 1 aliphatic heterocycles. The van der Waals surface area contributed by atoms with Gasteiger partial charge in [0.25, 0.3) is 0 Å². The molecule has 0 amide bonds. The van der Waals surface area contributed by atoms with Crippen LogP contribution in [0, 0.1) is 0 Å². The van der Waals surface area contributed by atoms with E-state index >= 15 is 0 Å². The molecular weight excluding hydrogens is 124 g/mol. The molecule has 0 radical (unpaired) electrons. The van der Waals surface area contributed by atoms with Gasteiger partial charge in [0, 0.05) is 25.4 Å². The number of hydrogen-bond acceptors (Lipinski definition) is 2. The van der Waals surface area contributed by atoms with E-state index in [0.29, 0.717) is 0 Å². The molecule has 0 saturated heterocycles. The summed E-state index contributed by atoms with van der Waals surface area (Å²) in [7, 11) is 1.97. The summed E-state index contributed by atoms with van der Waals surface area (Å²) in [5.74, 6) is 0. The molecule has 0 atom stereocenters.